The second kappa shape index (κ2) is 3.05. The number of esters is 1. The van der Waals surface area contributed by atoms with Crippen molar-refractivity contribution in [2.75, 3.05) is 7.11 Å². The predicted octanol–water partition coefficient (Wildman–Crippen LogP) is 1.44. The van der Waals surface area contributed by atoms with Crippen LogP contribution in [0.2, 0.25) is 0 Å². The molecule has 0 unspecified atom stereocenters. The summed E-state index contributed by atoms with van der Waals surface area (Å²) in [6.07, 6.45) is 3.35. The lowest BCUT2D eigenvalue weighted by molar-refractivity contribution is 0.0595. The molecule has 0 spiro atoms. The van der Waals surface area contributed by atoms with Gasteiger partial charge in [-0.05, 0) is 11.6 Å². The van der Waals surface area contributed by atoms with Gasteiger partial charge in [0.1, 0.15) is 5.69 Å². The van der Waals surface area contributed by atoms with Crippen molar-refractivity contribution in [3.8, 4) is 0 Å². The summed E-state index contributed by atoms with van der Waals surface area (Å²) in [6.45, 7) is 3.56. The van der Waals surface area contributed by atoms with E-state index in [-0.39, 0.29) is 5.97 Å². The van der Waals surface area contributed by atoms with Gasteiger partial charge in [0, 0.05) is 6.20 Å². The minimum absolute atomic E-state index is 0.363. The second-order valence-electron chi connectivity index (χ2n) is 2.04. The van der Waals surface area contributed by atoms with Crippen molar-refractivity contribution >= 4 is 12.0 Å². The molecule has 1 N–H and O–H groups in total. The Balaban J connectivity index is 2.88. The molecule has 1 aromatic heterocycles. The number of hydrogen-bond donors (Lipinski definition) is 1. The van der Waals surface area contributed by atoms with Gasteiger partial charge in [-0.1, -0.05) is 12.7 Å². The Morgan fingerprint density at radius 1 is 1.82 bits per heavy atom. The molecule has 0 saturated heterocycles. The Labute approximate surface area is 64.7 Å². The molecule has 0 atom stereocenters. The Morgan fingerprint density at radius 2 is 2.55 bits per heavy atom. The summed E-state index contributed by atoms with van der Waals surface area (Å²) in [4.78, 5) is 13.6. The third-order valence-electron chi connectivity index (χ3n) is 1.35. The van der Waals surface area contributed by atoms with Crippen LogP contribution in [0.4, 0.5) is 0 Å². The topological polar surface area (TPSA) is 42.1 Å². The highest BCUT2D eigenvalue weighted by Crippen LogP contribution is 2.04. The lowest BCUT2D eigenvalue weighted by atomic mass is 10.3. The molecule has 1 aromatic rings. The van der Waals surface area contributed by atoms with Crippen LogP contribution < -0.4 is 0 Å². The van der Waals surface area contributed by atoms with Crippen LogP contribution in [-0.2, 0) is 4.74 Å². The second-order valence-corrected chi connectivity index (χ2v) is 2.04. The first kappa shape index (κ1) is 7.60. The number of H-pyrrole nitrogens is 1. The van der Waals surface area contributed by atoms with Crippen LogP contribution in [0.25, 0.3) is 6.08 Å². The number of aromatic nitrogens is 1. The number of nitrogens with one attached hydrogen (secondary N) is 1. The molecule has 3 heteroatoms. The first-order valence-electron chi connectivity index (χ1n) is 3.17. The SMILES string of the molecule is C=Cc1c[nH]c(C(=O)OC)c1. The molecule has 0 radical (unpaired) electrons. The van der Waals surface area contributed by atoms with Gasteiger partial charge in [0.2, 0.25) is 0 Å². The van der Waals surface area contributed by atoms with E-state index >= 15 is 0 Å². The van der Waals surface area contributed by atoms with Gasteiger partial charge in [0.15, 0.2) is 0 Å². The van der Waals surface area contributed by atoms with E-state index in [1.54, 1.807) is 18.3 Å². The summed E-state index contributed by atoms with van der Waals surface area (Å²) in [5.41, 5.74) is 1.33. The van der Waals surface area contributed by atoms with Crippen LogP contribution in [0, 0.1) is 0 Å². The van der Waals surface area contributed by atoms with Crippen molar-refractivity contribution in [1.29, 1.82) is 0 Å². The lowest BCUT2D eigenvalue weighted by Crippen LogP contribution is -2.00. The molecule has 0 aliphatic rings. The Morgan fingerprint density at radius 3 is 3.00 bits per heavy atom. The minimum Gasteiger partial charge on any atom is -0.464 e. The van der Waals surface area contributed by atoms with Crippen LogP contribution in [0.1, 0.15) is 16.1 Å². The van der Waals surface area contributed by atoms with E-state index in [2.05, 4.69) is 16.3 Å². The maximum Gasteiger partial charge on any atom is 0.354 e. The molecule has 0 aromatic carbocycles. The van der Waals surface area contributed by atoms with Crippen molar-refractivity contribution in [3.05, 3.63) is 30.1 Å². The average molecular weight is 151 g/mol. The van der Waals surface area contributed by atoms with Crippen LogP contribution in [-0.4, -0.2) is 18.1 Å². The van der Waals surface area contributed by atoms with Crippen molar-refractivity contribution in [2.24, 2.45) is 0 Å². The van der Waals surface area contributed by atoms with Crippen molar-refractivity contribution in [2.45, 2.75) is 0 Å². The molecule has 0 saturated carbocycles. The molecule has 0 aliphatic carbocycles. The quantitative estimate of drug-likeness (QED) is 0.650. The third-order valence-corrected chi connectivity index (χ3v) is 1.35. The van der Waals surface area contributed by atoms with E-state index in [0.717, 1.165) is 5.56 Å². The molecule has 0 fully saturated rings. The minimum atomic E-state index is -0.363. The first-order chi connectivity index (χ1) is 5.27. The molecule has 58 valence electrons. The zero-order valence-corrected chi connectivity index (χ0v) is 6.26. The summed E-state index contributed by atoms with van der Waals surface area (Å²) in [5.74, 6) is -0.363. The van der Waals surface area contributed by atoms with Crippen molar-refractivity contribution in [3.63, 3.8) is 0 Å². The highest BCUT2D eigenvalue weighted by molar-refractivity contribution is 5.88. The number of carbonyl (C=O) groups is 1. The predicted molar refractivity (Wildman–Crippen MR) is 42.2 cm³/mol. The van der Waals surface area contributed by atoms with Crippen LogP contribution in [0.5, 0.6) is 0 Å². The van der Waals surface area contributed by atoms with Gasteiger partial charge in [0.05, 0.1) is 7.11 Å². The average Bonchev–Trinajstić information content (AvgIpc) is 2.50. The zero-order chi connectivity index (χ0) is 8.27. The summed E-state index contributed by atoms with van der Waals surface area (Å²) >= 11 is 0. The van der Waals surface area contributed by atoms with Gasteiger partial charge < -0.3 is 9.72 Å². The monoisotopic (exact) mass is 151 g/mol. The number of ether oxygens (including phenoxy) is 1. The van der Waals surface area contributed by atoms with Gasteiger partial charge in [-0.3, -0.25) is 0 Å². The fraction of sp³-hybridized carbons (Fsp3) is 0.125. The lowest BCUT2D eigenvalue weighted by Gasteiger charge is -1.91. The molecule has 0 bridgehead atoms. The molecule has 3 nitrogen and oxygen atoms in total. The number of aromatic amines is 1. The molecule has 1 rings (SSSR count). The summed E-state index contributed by atoms with van der Waals surface area (Å²) in [5, 5.41) is 0. The van der Waals surface area contributed by atoms with Gasteiger partial charge in [-0.15, -0.1) is 0 Å². The Bertz CT molecular complexity index is 275. The number of hydrogen-bond acceptors (Lipinski definition) is 2. The van der Waals surface area contributed by atoms with E-state index in [9.17, 15) is 4.79 Å². The van der Waals surface area contributed by atoms with Gasteiger partial charge in [-0.2, -0.15) is 0 Å². The normalized spacial score (nSPS) is 9.18. The molecule has 11 heavy (non-hydrogen) atoms. The van der Waals surface area contributed by atoms with E-state index < -0.39 is 0 Å². The molecular formula is C8H9NO2. The number of methoxy groups -OCH3 is 1. The molecular weight excluding hydrogens is 142 g/mol. The number of rotatable bonds is 2. The highest BCUT2D eigenvalue weighted by atomic mass is 16.5. The van der Waals surface area contributed by atoms with Crippen LogP contribution in [0.3, 0.4) is 0 Å². The zero-order valence-electron chi connectivity index (χ0n) is 6.26. The molecule has 1 heterocycles. The van der Waals surface area contributed by atoms with Crippen LogP contribution >= 0.6 is 0 Å². The summed E-state index contributed by atoms with van der Waals surface area (Å²) < 4.78 is 4.49. The maximum absolute atomic E-state index is 10.9. The maximum atomic E-state index is 10.9. The Kier molecular flexibility index (Phi) is 2.11. The van der Waals surface area contributed by atoms with Gasteiger partial charge >= 0.3 is 5.97 Å². The van der Waals surface area contributed by atoms with Gasteiger partial charge in [-0.25, -0.2) is 4.79 Å². The molecule has 0 amide bonds. The van der Waals surface area contributed by atoms with Crippen LogP contribution in [0.15, 0.2) is 18.8 Å². The first-order valence-corrected chi connectivity index (χ1v) is 3.17. The standard InChI is InChI=1S/C8H9NO2/c1-3-6-4-7(9-5-6)8(10)11-2/h3-5,9H,1H2,2H3. The van der Waals surface area contributed by atoms with E-state index in [0.29, 0.717) is 5.69 Å². The van der Waals surface area contributed by atoms with E-state index in [1.807, 2.05) is 0 Å². The summed E-state index contributed by atoms with van der Waals surface area (Å²) in [7, 11) is 1.34. The molecule has 0 aliphatic heterocycles. The van der Waals surface area contributed by atoms with Crippen molar-refractivity contribution < 1.29 is 9.53 Å². The van der Waals surface area contributed by atoms with E-state index in [1.165, 1.54) is 7.11 Å². The Hall–Kier alpha value is -1.51. The fourth-order valence-electron chi connectivity index (χ4n) is 0.757. The number of carbonyl (C=O) groups excluding carboxylic acids is 1. The van der Waals surface area contributed by atoms with Gasteiger partial charge in [0.25, 0.3) is 0 Å². The largest absolute Gasteiger partial charge is 0.464 e. The van der Waals surface area contributed by atoms with E-state index in [4.69, 9.17) is 0 Å². The fourth-order valence-corrected chi connectivity index (χ4v) is 0.757. The van der Waals surface area contributed by atoms with Crippen molar-refractivity contribution in [1.82, 2.24) is 4.98 Å². The summed E-state index contributed by atoms with van der Waals surface area (Å²) in [6, 6.07) is 1.68. The smallest absolute Gasteiger partial charge is 0.354 e. The highest BCUT2D eigenvalue weighted by Gasteiger charge is 2.05. The third kappa shape index (κ3) is 1.49.